The zero-order chi connectivity index (χ0) is 21.8. The van der Waals surface area contributed by atoms with Gasteiger partial charge in [0.1, 0.15) is 0 Å². The van der Waals surface area contributed by atoms with Crippen LogP contribution in [0.3, 0.4) is 0 Å². The topological polar surface area (TPSA) is 70.7 Å². The van der Waals surface area contributed by atoms with Crippen LogP contribution in [0.15, 0.2) is 71.9 Å². The molecule has 2 amide bonds. The van der Waals surface area contributed by atoms with Crippen molar-refractivity contribution in [2.24, 2.45) is 0 Å². The van der Waals surface area contributed by atoms with Crippen LogP contribution in [0.1, 0.15) is 29.2 Å². The van der Waals surface area contributed by atoms with E-state index >= 15 is 0 Å². The molecule has 0 radical (unpaired) electrons. The van der Waals surface area contributed by atoms with E-state index in [-0.39, 0.29) is 6.03 Å². The van der Waals surface area contributed by atoms with Gasteiger partial charge in [0, 0.05) is 25.3 Å². The van der Waals surface area contributed by atoms with Gasteiger partial charge in [-0.15, -0.1) is 0 Å². The summed E-state index contributed by atoms with van der Waals surface area (Å²) >= 11 is 0. The Kier molecular flexibility index (Phi) is 6.18. The first kappa shape index (κ1) is 20.9. The Morgan fingerprint density at radius 2 is 1.87 bits per heavy atom. The first-order valence-corrected chi connectivity index (χ1v) is 10.5. The number of hydrogen-bond donors (Lipinski definition) is 2. The SMILES string of the molecule is COC(=O)C1=C(CN2CC=C(c3ccccc3)CC2)NC(=O)N[C@@H]1c1ccc(C)cc1. The van der Waals surface area contributed by atoms with E-state index in [1.165, 1.54) is 18.2 Å². The third kappa shape index (κ3) is 4.70. The molecule has 0 fully saturated rings. The summed E-state index contributed by atoms with van der Waals surface area (Å²) < 4.78 is 5.08. The van der Waals surface area contributed by atoms with Crippen molar-refractivity contribution in [1.29, 1.82) is 0 Å². The number of carbonyl (C=O) groups excluding carboxylic acids is 2. The molecule has 160 valence electrons. The lowest BCUT2D eigenvalue weighted by atomic mass is 9.94. The monoisotopic (exact) mass is 417 g/mol. The van der Waals surface area contributed by atoms with Crippen LogP contribution >= 0.6 is 0 Å². The van der Waals surface area contributed by atoms with Crippen LogP contribution in [0.2, 0.25) is 0 Å². The van der Waals surface area contributed by atoms with Gasteiger partial charge in [0.15, 0.2) is 0 Å². The number of nitrogens with one attached hydrogen (secondary N) is 2. The summed E-state index contributed by atoms with van der Waals surface area (Å²) in [5, 5.41) is 5.72. The van der Waals surface area contributed by atoms with E-state index in [0.717, 1.165) is 30.6 Å². The normalized spacial score (nSPS) is 19.4. The van der Waals surface area contributed by atoms with Crippen molar-refractivity contribution >= 4 is 17.6 Å². The zero-order valence-corrected chi connectivity index (χ0v) is 17.9. The number of ether oxygens (including phenoxy) is 1. The lowest BCUT2D eigenvalue weighted by Crippen LogP contribution is -2.48. The van der Waals surface area contributed by atoms with Gasteiger partial charge >= 0.3 is 12.0 Å². The number of amides is 2. The van der Waals surface area contributed by atoms with Gasteiger partial charge in [0.05, 0.1) is 18.7 Å². The number of carbonyl (C=O) groups is 2. The predicted molar refractivity (Wildman–Crippen MR) is 120 cm³/mol. The fraction of sp³-hybridized carbons (Fsp3) is 0.280. The molecule has 0 aliphatic carbocycles. The van der Waals surface area contributed by atoms with Crippen LogP contribution in [0, 0.1) is 6.92 Å². The lowest BCUT2D eigenvalue weighted by Gasteiger charge is -2.33. The molecule has 0 saturated carbocycles. The molecule has 2 aliphatic rings. The molecule has 0 unspecified atom stereocenters. The standard InChI is InChI=1S/C25H27N3O3/c1-17-8-10-20(11-9-17)23-22(24(29)31-2)21(26-25(30)27-23)16-28-14-12-19(13-15-28)18-6-4-3-5-7-18/h3-12,23H,13-16H2,1-2H3,(H2,26,27,30)/t23-/m1/s1. The minimum Gasteiger partial charge on any atom is -0.466 e. The molecule has 0 aromatic heterocycles. The minimum absolute atomic E-state index is 0.314. The quantitative estimate of drug-likeness (QED) is 0.730. The van der Waals surface area contributed by atoms with Crippen LogP contribution in [0.4, 0.5) is 4.79 Å². The van der Waals surface area contributed by atoms with Gasteiger partial charge in [-0.2, -0.15) is 0 Å². The minimum atomic E-state index is -0.544. The number of nitrogens with zero attached hydrogens (tertiary/aromatic N) is 1. The molecule has 2 aliphatic heterocycles. The van der Waals surface area contributed by atoms with Crippen molar-refractivity contribution in [1.82, 2.24) is 15.5 Å². The van der Waals surface area contributed by atoms with E-state index in [1.807, 2.05) is 49.4 Å². The Morgan fingerprint density at radius 3 is 2.52 bits per heavy atom. The predicted octanol–water partition coefficient (Wildman–Crippen LogP) is 3.57. The van der Waals surface area contributed by atoms with E-state index in [9.17, 15) is 9.59 Å². The summed E-state index contributed by atoms with van der Waals surface area (Å²) in [4.78, 5) is 27.4. The molecular formula is C25H27N3O3. The Balaban J connectivity index is 1.59. The number of hydrogen-bond acceptors (Lipinski definition) is 4. The number of esters is 1. The fourth-order valence-electron chi connectivity index (χ4n) is 4.10. The van der Waals surface area contributed by atoms with Crippen molar-refractivity contribution in [2.45, 2.75) is 19.4 Å². The molecule has 2 N–H and O–H groups in total. The Morgan fingerprint density at radius 1 is 1.13 bits per heavy atom. The van der Waals surface area contributed by atoms with Gasteiger partial charge in [-0.05, 0) is 30.0 Å². The summed E-state index contributed by atoms with van der Waals surface area (Å²) in [6, 6.07) is 17.3. The van der Waals surface area contributed by atoms with Crippen molar-refractivity contribution < 1.29 is 14.3 Å². The van der Waals surface area contributed by atoms with Crippen molar-refractivity contribution in [3.05, 3.63) is 88.6 Å². The first-order chi connectivity index (χ1) is 15.0. The molecule has 6 nitrogen and oxygen atoms in total. The molecule has 0 saturated heterocycles. The second-order valence-corrected chi connectivity index (χ2v) is 7.91. The highest BCUT2D eigenvalue weighted by Gasteiger charge is 2.34. The van der Waals surface area contributed by atoms with Crippen LogP contribution in [0.5, 0.6) is 0 Å². The lowest BCUT2D eigenvalue weighted by molar-refractivity contribution is -0.136. The molecule has 2 aromatic rings. The maximum absolute atomic E-state index is 12.7. The number of urea groups is 1. The molecule has 2 aromatic carbocycles. The maximum atomic E-state index is 12.7. The average molecular weight is 418 g/mol. The highest BCUT2D eigenvalue weighted by molar-refractivity contribution is 5.95. The third-order valence-electron chi connectivity index (χ3n) is 5.79. The Labute approximate surface area is 182 Å². The summed E-state index contributed by atoms with van der Waals surface area (Å²) in [5.74, 6) is -0.439. The summed E-state index contributed by atoms with van der Waals surface area (Å²) in [7, 11) is 1.37. The highest BCUT2D eigenvalue weighted by atomic mass is 16.5. The van der Waals surface area contributed by atoms with Crippen LogP contribution in [-0.2, 0) is 9.53 Å². The number of rotatable bonds is 5. The Hall–Kier alpha value is -3.38. The smallest absolute Gasteiger partial charge is 0.338 e. The van der Waals surface area contributed by atoms with Crippen molar-refractivity contribution in [3.8, 4) is 0 Å². The van der Waals surface area contributed by atoms with Gasteiger partial charge in [-0.25, -0.2) is 9.59 Å². The average Bonchev–Trinajstić information content (AvgIpc) is 2.80. The number of aryl methyl sites for hydroxylation is 1. The number of methoxy groups -OCH3 is 1. The van der Waals surface area contributed by atoms with Gasteiger partial charge in [-0.1, -0.05) is 66.2 Å². The zero-order valence-electron chi connectivity index (χ0n) is 17.9. The van der Waals surface area contributed by atoms with Crippen LogP contribution < -0.4 is 10.6 Å². The van der Waals surface area contributed by atoms with Gasteiger partial charge in [0.25, 0.3) is 0 Å². The molecule has 6 heteroatoms. The second kappa shape index (κ2) is 9.18. The van der Waals surface area contributed by atoms with Crippen LogP contribution in [-0.4, -0.2) is 43.6 Å². The molecular weight excluding hydrogens is 390 g/mol. The summed E-state index contributed by atoms with van der Waals surface area (Å²) in [6.45, 7) is 4.07. The third-order valence-corrected chi connectivity index (χ3v) is 5.79. The van der Waals surface area contributed by atoms with E-state index < -0.39 is 12.0 Å². The van der Waals surface area contributed by atoms with Gasteiger partial charge in [0.2, 0.25) is 0 Å². The van der Waals surface area contributed by atoms with Crippen LogP contribution in [0.25, 0.3) is 5.57 Å². The van der Waals surface area contributed by atoms with E-state index in [1.54, 1.807) is 0 Å². The maximum Gasteiger partial charge on any atom is 0.338 e. The second-order valence-electron chi connectivity index (χ2n) is 7.91. The van der Waals surface area contributed by atoms with E-state index in [2.05, 4.69) is 33.7 Å². The largest absolute Gasteiger partial charge is 0.466 e. The van der Waals surface area contributed by atoms with E-state index in [0.29, 0.717) is 17.8 Å². The number of benzene rings is 2. The molecule has 4 rings (SSSR count). The van der Waals surface area contributed by atoms with Gasteiger partial charge in [-0.3, -0.25) is 4.90 Å². The first-order valence-electron chi connectivity index (χ1n) is 10.5. The molecule has 31 heavy (non-hydrogen) atoms. The fourth-order valence-corrected chi connectivity index (χ4v) is 4.10. The van der Waals surface area contributed by atoms with Crippen molar-refractivity contribution in [3.63, 3.8) is 0 Å². The molecule has 0 bridgehead atoms. The summed E-state index contributed by atoms with van der Waals surface area (Å²) in [6.07, 6.45) is 3.13. The molecule has 0 spiro atoms. The highest BCUT2D eigenvalue weighted by Crippen LogP contribution is 2.29. The molecule has 2 heterocycles. The Bertz CT molecular complexity index is 1030. The van der Waals surface area contributed by atoms with Crippen molar-refractivity contribution in [2.75, 3.05) is 26.7 Å². The molecule has 1 atom stereocenters. The van der Waals surface area contributed by atoms with Gasteiger partial charge < -0.3 is 15.4 Å². The van der Waals surface area contributed by atoms with E-state index in [4.69, 9.17) is 4.74 Å². The summed E-state index contributed by atoms with van der Waals surface area (Å²) in [5.41, 5.74) is 5.57.